The summed E-state index contributed by atoms with van der Waals surface area (Å²) in [5, 5.41) is 13.8. The summed E-state index contributed by atoms with van der Waals surface area (Å²) in [4.78, 5) is 9.06. The zero-order chi connectivity index (χ0) is 23.7. The highest BCUT2D eigenvalue weighted by Crippen LogP contribution is 2.41. The van der Waals surface area contributed by atoms with E-state index in [4.69, 9.17) is 17.0 Å². The fraction of sp³-hybridized carbons (Fsp3) is 0.385. The van der Waals surface area contributed by atoms with Crippen molar-refractivity contribution in [1.82, 2.24) is 19.8 Å². The largest absolute Gasteiger partial charge is 0.395 e. The van der Waals surface area contributed by atoms with Crippen LogP contribution in [0.15, 0.2) is 54.7 Å². The molecule has 0 bridgehead atoms. The number of pyridine rings is 1. The van der Waals surface area contributed by atoms with Gasteiger partial charge in [-0.1, -0.05) is 6.07 Å². The predicted molar refractivity (Wildman–Crippen MR) is 138 cm³/mol. The Morgan fingerprint density at radius 1 is 1.09 bits per heavy atom. The monoisotopic (exact) mass is 477 g/mol. The van der Waals surface area contributed by atoms with Gasteiger partial charge in [0.25, 0.3) is 0 Å². The van der Waals surface area contributed by atoms with Crippen molar-refractivity contribution in [3.8, 4) is 5.69 Å². The molecule has 0 aliphatic carbocycles. The highest BCUT2D eigenvalue weighted by atomic mass is 32.1. The minimum atomic E-state index is -0.0853. The Labute approximate surface area is 206 Å². The molecular weight excluding hydrogens is 446 g/mol. The van der Waals surface area contributed by atoms with Crippen LogP contribution in [0.4, 0.5) is 5.69 Å². The number of aliphatic hydroxyl groups is 1. The molecule has 0 unspecified atom stereocenters. The number of hydrogen-bond donors (Lipinski definition) is 2. The van der Waals surface area contributed by atoms with Crippen molar-refractivity contribution in [2.45, 2.75) is 25.9 Å². The molecule has 178 valence electrons. The van der Waals surface area contributed by atoms with Crippen LogP contribution in [0.5, 0.6) is 0 Å². The first-order chi connectivity index (χ1) is 16.6. The molecule has 1 aromatic carbocycles. The molecule has 2 saturated heterocycles. The molecule has 0 saturated carbocycles. The summed E-state index contributed by atoms with van der Waals surface area (Å²) in [6.07, 6.45) is 1.81. The van der Waals surface area contributed by atoms with Gasteiger partial charge in [-0.05, 0) is 74.1 Å². The zero-order valence-electron chi connectivity index (χ0n) is 19.6. The molecule has 0 spiro atoms. The van der Waals surface area contributed by atoms with Gasteiger partial charge < -0.3 is 29.5 Å². The number of benzene rings is 1. The smallest absolute Gasteiger partial charge is 0.170 e. The summed E-state index contributed by atoms with van der Waals surface area (Å²) in [6, 6.07) is 16.8. The third-order valence-electron chi connectivity index (χ3n) is 6.81. The van der Waals surface area contributed by atoms with E-state index in [-0.39, 0.29) is 18.7 Å². The molecule has 8 heteroatoms. The van der Waals surface area contributed by atoms with Crippen molar-refractivity contribution >= 4 is 23.0 Å². The maximum absolute atomic E-state index is 9.74. The topological polar surface area (TPSA) is 65.8 Å². The number of anilines is 1. The minimum absolute atomic E-state index is 0.0367. The predicted octanol–water partition coefficient (Wildman–Crippen LogP) is 3.29. The van der Waals surface area contributed by atoms with Crippen molar-refractivity contribution in [3.05, 3.63) is 77.4 Å². The van der Waals surface area contributed by atoms with E-state index in [1.54, 1.807) is 0 Å². The number of aliphatic hydroxyl groups excluding tert-OH is 1. The lowest BCUT2D eigenvalue weighted by molar-refractivity contribution is 0.122. The Morgan fingerprint density at radius 2 is 1.82 bits per heavy atom. The maximum Gasteiger partial charge on any atom is 0.170 e. The summed E-state index contributed by atoms with van der Waals surface area (Å²) in [5.41, 5.74) is 6.81. The second-order valence-electron chi connectivity index (χ2n) is 8.82. The van der Waals surface area contributed by atoms with Crippen molar-refractivity contribution in [1.29, 1.82) is 0 Å². The number of hydrogen-bond acceptors (Lipinski definition) is 5. The molecule has 2 aromatic heterocycles. The van der Waals surface area contributed by atoms with Crippen molar-refractivity contribution in [2.24, 2.45) is 0 Å². The first kappa shape index (κ1) is 22.8. The van der Waals surface area contributed by atoms with Crippen LogP contribution < -0.4 is 10.2 Å². The Balaban J connectivity index is 1.51. The number of rotatable bonds is 6. The second kappa shape index (κ2) is 9.74. The molecule has 2 aliphatic heterocycles. The maximum atomic E-state index is 9.74. The van der Waals surface area contributed by atoms with Gasteiger partial charge in [-0.2, -0.15) is 0 Å². The quantitative estimate of drug-likeness (QED) is 0.528. The number of thiocarbonyl (C=S) groups is 1. The van der Waals surface area contributed by atoms with Crippen LogP contribution in [0, 0.1) is 13.8 Å². The molecule has 4 heterocycles. The third kappa shape index (κ3) is 4.17. The number of aromatic nitrogens is 2. The molecule has 0 radical (unpaired) electrons. The number of nitrogens with zero attached hydrogens (tertiary/aromatic N) is 4. The van der Waals surface area contributed by atoms with Gasteiger partial charge in [0.1, 0.15) is 0 Å². The molecule has 3 aromatic rings. The molecule has 7 nitrogen and oxygen atoms in total. The van der Waals surface area contributed by atoms with E-state index in [9.17, 15) is 5.11 Å². The average molecular weight is 478 g/mol. The summed E-state index contributed by atoms with van der Waals surface area (Å²) < 4.78 is 7.79. The lowest BCUT2D eigenvalue weighted by atomic mass is 9.97. The summed E-state index contributed by atoms with van der Waals surface area (Å²) in [5.74, 6) is 0. The number of morpholine rings is 1. The average Bonchev–Trinajstić information content (AvgIpc) is 3.35. The van der Waals surface area contributed by atoms with Crippen LogP contribution in [-0.4, -0.2) is 64.1 Å². The van der Waals surface area contributed by atoms with Crippen LogP contribution in [0.3, 0.4) is 0 Å². The molecule has 2 aliphatic rings. The third-order valence-corrected chi connectivity index (χ3v) is 7.16. The lowest BCUT2D eigenvalue weighted by Crippen LogP contribution is -2.36. The van der Waals surface area contributed by atoms with Crippen LogP contribution in [0.25, 0.3) is 5.69 Å². The van der Waals surface area contributed by atoms with Crippen LogP contribution in [0.2, 0.25) is 0 Å². The Bertz CT molecular complexity index is 1140. The number of ether oxygens (including phenoxy) is 1. The van der Waals surface area contributed by atoms with Gasteiger partial charge in [-0.25, -0.2) is 0 Å². The van der Waals surface area contributed by atoms with E-state index in [2.05, 4.69) is 68.8 Å². The number of nitrogens with one attached hydrogen (secondary N) is 1. The van der Waals surface area contributed by atoms with Gasteiger partial charge in [0.15, 0.2) is 5.11 Å². The fourth-order valence-corrected chi connectivity index (χ4v) is 5.54. The van der Waals surface area contributed by atoms with Crippen molar-refractivity contribution < 1.29 is 9.84 Å². The van der Waals surface area contributed by atoms with E-state index >= 15 is 0 Å². The Hall–Kier alpha value is -2.94. The van der Waals surface area contributed by atoms with Gasteiger partial charge in [0.05, 0.1) is 37.6 Å². The van der Waals surface area contributed by atoms with Gasteiger partial charge in [0, 0.05) is 48.6 Å². The number of aryl methyl sites for hydroxylation is 1. The van der Waals surface area contributed by atoms with Crippen LogP contribution in [-0.2, 0) is 4.74 Å². The molecular formula is C26H31N5O2S. The molecule has 34 heavy (non-hydrogen) atoms. The molecule has 2 fully saturated rings. The van der Waals surface area contributed by atoms with E-state index in [1.165, 1.54) is 11.3 Å². The SMILES string of the molecule is Cc1cc([C@@H]2[C@H](c3ccccn3)NC(=S)N2CCO)c(C)n1-c1ccc(N2CCOCC2)cc1. The molecule has 5 rings (SSSR count). The van der Waals surface area contributed by atoms with Gasteiger partial charge in [-0.15, -0.1) is 0 Å². The standard InChI is InChI=1S/C26H31N5O2S/c1-18-17-22(25-24(23-5-3-4-10-27-23)28-26(34)30(25)11-14-32)19(2)31(18)21-8-6-20(7-9-21)29-12-15-33-16-13-29/h3-10,17,24-25,32H,11-16H2,1-2H3,(H,28,34)/t24-,25+/m0/s1. The molecule has 0 amide bonds. The highest BCUT2D eigenvalue weighted by molar-refractivity contribution is 7.80. The molecule has 2 atom stereocenters. The summed E-state index contributed by atoms with van der Waals surface area (Å²) >= 11 is 5.67. The normalized spacial score (nSPS) is 20.6. The van der Waals surface area contributed by atoms with E-state index in [1.807, 2.05) is 24.4 Å². The minimum Gasteiger partial charge on any atom is -0.395 e. The van der Waals surface area contributed by atoms with Crippen LogP contribution in [0.1, 0.15) is 34.7 Å². The van der Waals surface area contributed by atoms with E-state index in [0.717, 1.165) is 49.1 Å². The zero-order valence-corrected chi connectivity index (χ0v) is 20.5. The first-order valence-corrected chi connectivity index (χ1v) is 12.2. The van der Waals surface area contributed by atoms with Crippen molar-refractivity contribution in [2.75, 3.05) is 44.4 Å². The van der Waals surface area contributed by atoms with Gasteiger partial charge in [0.2, 0.25) is 0 Å². The highest BCUT2D eigenvalue weighted by Gasteiger charge is 2.41. The molecule has 2 N–H and O–H groups in total. The fourth-order valence-electron chi connectivity index (χ4n) is 5.21. The second-order valence-corrected chi connectivity index (χ2v) is 9.21. The van der Waals surface area contributed by atoms with Crippen molar-refractivity contribution in [3.63, 3.8) is 0 Å². The summed E-state index contributed by atoms with van der Waals surface area (Å²) in [6.45, 7) is 8.21. The van der Waals surface area contributed by atoms with Gasteiger partial charge >= 0.3 is 0 Å². The van der Waals surface area contributed by atoms with E-state index < -0.39 is 0 Å². The summed E-state index contributed by atoms with van der Waals surface area (Å²) in [7, 11) is 0. The number of β-amino-alcohol motifs (C(OH)–C–C–N with tert-alkyl or cyclic N) is 1. The lowest BCUT2D eigenvalue weighted by Gasteiger charge is -2.29. The van der Waals surface area contributed by atoms with Gasteiger partial charge in [-0.3, -0.25) is 4.98 Å². The van der Waals surface area contributed by atoms with E-state index in [0.29, 0.717) is 11.7 Å². The van der Waals surface area contributed by atoms with Crippen LogP contribution >= 0.6 is 12.2 Å². The first-order valence-electron chi connectivity index (χ1n) is 11.8. The Kier molecular flexibility index (Phi) is 6.54. The Morgan fingerprint density at radius 3 is 2.50 bits per heavy atom.